The summed E-state index contributed by atoms with van der Waals surface area (Å²) < 4.78 is 1.81. The number of nitrogens with zero attached hydrogens (tertiary/aromatic N) is 4. The first kappa shape index (κ1) is 11.1. The zero-order valence-electron chi connectivity index (χ0n) is 9.53. The SMILES string of the molecule is Cc1cc(-n2nc(C)nc2C)c(CCl)cn1. The third-order valence-corrected chi connectivity index (χ3v) is 2.63. The van der Waals surface area contributed by atoms with Gasteiger partial charge >= 0.3 is 0 Å². The molecule has 0 saturated carbocycles. The molecular formula is C11H13ClN4. The maximum Gasteiger partial charge on any atom is 0.148 e. The van der Waals surface area contributed by atoms with Crippen LogP contribution in [-0.2, 0) is 5.88 Å². The number of hydrogen-bond acceptors (Lipinski definition) is 3. The normalized spacial score (nSPS) is 10.8. The fourth-order valence-electron chi connectivity index (χ4n) is 1.62. The second-order valence-corrected chi connectivity index (χ2v) is 3.97. The van der Waals surface area contributed by atoms with Crippen LogP contribution in [0.2, 0.25) is 0 Å². The van der Waals surface area contributed by atoms with Crippen molar-refractivity contribution in [2.75, 3.05) is 0 Å². The topological polar surface area (TPSA) is 43.6 Å². The number of pyridine rings is 1. The highest BCUT2D eigenvalue weighted by molar-refractivity contribution is 6.17. The third kappa shape index (κ3) is 1.93. The molecule has 0 bridgehead atoms. The van der Waals surface area contributed by atoms with E-state index in [1.54, 1.807) is 6.20 Å². The highest BCUT2D eigenvalue weighted by atomic mass is 35.5. The molecule has 0 spiro atoms. The van der Waals surface area contributed by atoms with Gasteiger partial charge in [0.05, 0.1) is 11.6 Å². The van der Waals surface area contributed by atoms with Crippen LogP contribution in [-0.4, -0.2) is 19.7 Å². The van der Waals surface area contributed by atoms with Gasteiger partial charge in [-0.1, -0.05) is 0 Å². The van der Waals surface area contributed by atoms with Crippen LogP contribution in [0.4, 0.5) is 0 Å². The van der Waals surface area contributed by atoms with E-state index < -0.39 is 0 Å². The molecule has 0 radical (unpaired) electrons. The van der Waals surface area contributed by atoms with Gasteiger partial charge in [0.1, 0.15) is 11.6 Å². The Balaban J connectivity index is 2.62. The molecule has 16 heavy (non-hydrogen) atoms. The van der Waals surface area contributed by atoms with Crippen LogP contribution in [0.3, 0.4) is 0 Å². The molecule has 0 unspecified atom stereocenters. The van der Waals surface area contributed by atoms with Gasteiger partial charge in [0, 0.05) is 17.5 Å². The van der Waals surface area contributed by atoms with Crippen molar-refractivity contribution in [3.63, 3.8) is 0 Å². The Hall–Kier alpha value is -1.42. The van der Waals surface area contributed by atoms with Gasteiger partial charge in [-0.2, -0.15) is 5.10 Å². The Bertz CT molecular complexity index is 519. The van der Waals surface area contributed by atoms with Crippen molar-refractivity contribution in [3.8, 4) is 5.69 Å². The third-order valence-electron chi connectivity index (χ3n) is 2.35. The summed E-state index contributed by atoms with van der Waals surface area (Å²) in [5.41, 5.74) is 2.86. The van der Waals surface area contributed by atoms with Crippen molar-refractivity contribution in [1.29, 1.82) is 0 Å². The first-order valence-electron chi connectivity index (χ1n) is 5.04. The maximum absolute atomic E-state index is 5.89. The number of aryl methyl sites for hydroxylation is 3. The van der Waals surface area contributed by atoms with E-state index in [-0.39, 0.29) is 0 Å². The molecular weight excluding hydrogens is 224 g/mol. The number of aromatic nitrogens is 4. The summed E-state index contributed by atoms with van der Waals surface area (Å²) in [6.07, 6.45) is 1.79. The average molecular weight is 237 g/mol. The van der Waals surface area contributed by atoms with Crippen LogP contribution in [0.1, 0.15) is 22.9 Å². The molecule has 2 aromatic heterocycles. The molecule has 0 aliphatic rings. The molecule has 84 valence electrons. The van der Waals surface area contributed by atoms with Gasteiger partial charge in [-0.3, -0.25) is 4.98 Å². The first-order valence-corrected chi connectivity index (χ1v) is 5.57. The number of rotatable bonds is 2. The number of hydrogen-bond donors (Lipinski definition) is 0. The highest BCUT2D eigenvalue weighted by Gasteiger charge is 2.10. The van der Waals surface area contributed by atoms with E-state index in [2.05, 4.69) is 15.1 Å². The van der Waals surface area contributed by atoms with E-state index in [1.165, 1.54) is 0 Å². The van der Waals surface area contributed by atoms with Gasteiger partial charge in [-0.15, -0.1) is 11.6 Å². The Labute approximate surface area is 99.3 Å². The first-order chi connectivity index (χ1) is 7.61. The smallest absolute Gasteiger partial charge is 0.148 e. The summed E-state index contributed by atoms with van der Waals surface area (Å²) in [7, 11) is 0. The molecule has 0 aliphatic carbocycles. The molecule has 0 atom stereocenters. The van der Waals surface area contributed by atoms with Gasteiger partial charge in [0.15, 0.2) is 0 Å². The maximum atomic E-state index is 5.89. The number of alkyl halides is 1. The zero-order valence-corrected chi connectivity index (χ0v) is 10.3. The Morgan fingerprint density at radius 2 is 2.06 bits per heavy atom. The van der Waals surface area contributed by atoms with Crippen LogP contribution in [0.5, 0.6) is 0 Å². The lowest BCUT2D eigenvalue weighted by atomic mass is 10.2. The van der Waals surface area contributed by atoms with Crippen LogP contribution >= 0.6 is 11.6 Å². The van der Waals surface area contributed by atoms with Gasteiger partial charge in [-0.05, 0) is 26.8 Å². The Kier molecular flexibility index (Phi) is 2.92. The summed E-state index contributed by atoms with van der Waals surface area (Å²) in [5, 5.41) is 4.35. The predicted octanol–water partition coefficient (Wildman–Crippen LogP) is 2.33. The van der Waals surface area contributed by atoms with Crippen molar-refractivity contribution in [2.45, 2.75) is 26.7 Å². The second-order valence-electron chi connectivity index (χ2n) is 3.71. The second kappa shape index (κ2) is 4.22. The zero-order chi connectivity index (χ0) is 11.7. The van der Waals surface area contributed by atoms with Gasteiger partial charge in [-0.25, -0.2) is 9.67 Å². The van der Waals surface area contributed by atoms with Crippen LogP contribution in [0.25, 0.3) is 5.69 Å². The van der Waals surface area contributed by atoms with E-state index >= 15 is 0 Å². The van der Waals surface area contributed by atoms with Crippen LogP contribution in [0, 0.1) is 20.8 Å². The molecule has 0 fully saturated rings. The molecule has 2 rings (SSSR count). The minimum Gasteiger partial charge on any atom is -0.261 e. The molecule has 2 heterocycles. The van der Waals surface area contributed by atoms with Crippen LogP contribution in [0.15, 0.2) is 12.3 Å². The largest absolute Gasteiger partial charge is 0.261 e. The van der Waals surface area contributed by atoms with Gasteiger partial charge in [0.2, 0.25) is 0 Å². The summed E-state index contributed by atoms with van der Waals surface area (Å²) in [5.74, 6) is 2.03. The van der Waals surface area contributed by atoms with E-state index in [0.29, 0.717) is 5.88 Å². The molecule has 5 heteroatoms. The van der Waals surface area contributed by atoms with Crippen molar-refractivity contribution in [2.24, 2.45) is 0 Å². The van der Waals surface area contributed by atoms with E-state index in [4.69, 9.17) is 11.6 Å². The lowest BCUT2D eigenvalue weighted by molar-refractivity contribution is 0.818. The summed E-state index contributed by atoms with van der Waals surface area (Å²) in [6.45, 7) is 5.74. The molecule has 4 nitrogen and oxygen atoms in total. The van der Waals surface area contributed by atoms with Crippen molar-refractivity contribution >= 4 is 11.6 Å². The molecule has 0 amide bonds. The molecule has 2 aromatic rings. The monoisotopic (exact) mass is 236 g/mol. The molecule has 0 saturated heterocycles. The Morgan fingerprint density at radius 1 is 1.31 bits per heavy atom. The predicted molar refractivity (Wildman–Crippen MR) is 62.9 cm³/mol. The molecule has 0 N–H and O–H groups in total. The molecule has 0 aliphatic heterocycles. The van der Waals surface area contributed by atoms with Crippen molar-refractivity contribution in [1.82, 2.24) is 19.7 Å². The van der Waals surface area contributed by atoms with E-state index in [9.17, 15) is 0 Å². The van der Waals surface area contributed by atoms with Crippen molar-refractivity contribution in [3.05, 3.63) is 35.2 Å². The van der Waals surface area contributed by atoms with Crippen molar-refractivity contribution < 1.29 is 0 Å². The lowest BCUT2D eigenvalue weighted by Gasteiger charge is -2.08. The highest BCUT2D eigenvalue weighted by Crippen LogP contribution is 2.17. The van der Waals surface area contributed by atoms with E-state index in [1.807, 2.05) is 31.5 Å². The fourth-order valence-corrected chi connectivity index (χ4v) is 1.83. The fraction of sp³-hybridized carbons (Fsp3) is 0.364. The summed E-state index contributed by atoms with van der Waals surface area (Å²) in [6, 6.07) is 1.97. The van der Waals surface area contributed by atoms with Gasteiger partial charge < -0.3 is 0 Å². The lowest BCUT2D eigenvalue weighted by Crippen LogP contribution is -2.04. The van der Waals surface area contributed by atoms with Gasteiger partial charge in [0.25, 0.3) is 0 Å². The minimum absolute atomic E-state index is 0.418. The number of halogens is 1. The average Bonchev–Trinajstić information content (AvgIpc) is 2.57. The summed E-state index contributed by atoms with van der Waals surface area (Å²) >= 11 is 5.89. The summed E-state index contributed by atoms with van der Waals surface area (Å²) in [4.78, 5) is 8.51. The van der Waals surface area contributed by atoms with Crippen LogP contribution < -0.4 is 0 Å². The Morgan fingerprint density at radius 3 is 2.62 bits per heavy atom. The standard InChI is InChI=1S/C11H13ClN4/c1-7-4-11(10(5-12)6-13-7)16-9(3)14-8(2)15-16/h4,6H,5H2,1-3H3. The molecule has 0 aromatic carbocycles. The quantitative estimate of drug-likeness (QED) is 0.752. The minimum atomic E-state index is 0.418. The van der Waals surface area contributed by atoms with E-state index in [0.717, 1.165) is 28.6 Å².